The molecule has 1 saturated heterocycles. The molecule has 6 nitrogen and oxygen atoms in total. The lowest BCUT2D eigenvalue weighted by molar-refractivity contribution is -0.0339. The number of ether oxygens (including phenoxy) is 3. The third-order valence-electron chi connectivity index (χ3n) is 5.83. The Balaban J connectivity index is 1.38. The molecule has 0 amide bonds. The average molecular weight is 430 g/mol. The molecular weight excluding hydrogens is 402 g/mol. The monoisotopic (exact) mass is 429 g/mol. The Morgan fingerprint density at radius 1 is 0.969 bits per heavy atom. The van der Waals surface area contributed by atoms with Crippen molar-refractivity contribution in [2.75, 3.05) is 12.3 Å². The van der Waals surface area contributed by atoms with Gasteiger partial charge in [0.1, 0.15) is 36.5 Å². The summed E-state index contributed by atoms with van der Waals surface area (Å²) in [6.45, 7) is 4.51. The number of rotatable bonds is 6. The molecule has 2 heterocycles. The molecule has 0 unspecified atom stereocenters. The summed E-state index contributed by atoms with van der Waals surface area (Å²) in [6, 6.07) is 21.8. The minimum Gasteiger partial charge on any atom is -0.491 e. The van der Waals surface area contributed by atoms with Gasteiger partial charge in [-0.25, -0.2) is 4.98 Å². The summed E-state index contributed by atoms with van der Waals surface area (Å²) in [5.41, 5.74) is 10.9. The molecule has 4 aromatic rings. The van der Waals surface area contributed by atoms with Gasteiger partial charge in [0, 0.05) is 12.1 Å². The van der Waals surface area contributed by atoms with Crippen molar-refractivity contribution in [3.05, 3.63) is 84.2 Å². The first kappa shape index (κ1) is 20.4. The van der Waals surface area contributed by atoms with Gasteiger partial charge in [-0.3, -0.25) is 0 Å². The number of hydrogen-bond acceptors (Lipinski definition) is 5. The molecule has 1 aromatic heterocycles. The van der Waals surface area contributed by atoms with Gasteiger partial charge >= 0.3 is 0 Å². The minimum absolute atomic E-state index is 0.160. The largest absolute Gasteiger partial charge is 0.491 e. The Morgan fingerprint density at radius 2 is 1.66 bits per heavy atom. The number of aromatic nitrogens is 2. The lowest BCUT2D eigenvalue weighted by Crippen LogP contribution is -2.32. The number of aryl methyl sites for hydroxylation is 2. The van der Waals surface area contributed by atoms with Crippen molar-refractivity contribution in [3.8, 4) is 11.5 Å². The molecule has 1 fully saturated rings. The Labute approximate surface area is 187 Å². The van der Waals surface area contributed by atoms with E-state index in [1.54, 1.807) is 6.33 Å². The van der Waals surface area contributed by atoms with Crippen LogP contribution in [0.15, 0.2) is 73.1 Å². The molecule has 0 saturated carbocycles. The van der Waals surface area contributed by atoms with Crippen LogP contribution in [0.3, 0.4) is 0 Å². The summed E-state index contributed by atoms with van der Waals surface area (Å²) >= 11 is 0. The van der Waals surface area contributed by atoms with Gasteiger partial charge in [-0.1, -0.05) is 35.4 Å². The standard InChI is InChI=1S/C26H27N3O3/c1-17-3-8-20(9-4-17)30-15-25-24(31-21-10-5-18(2)6-11-21)14-26(32-25)29-16-28-22-12-7-19(27)13-23(22)29/h3-13,16,24-26H,14-15,27H2,1-2H3/t24-,25+,26+/m0/s1. The smallest absolute Gasteiger partial charge is 0.139 e. The molecule has 32 heavy (non-hydrogen) atoms. The van der Waals surface area contributed by atoms with Gasteiger partial charge in [-0.2, -0.15) is 0 Å². The summed E-state index contributed by atoms with van der Waals surface area (Å²) in [5, 5.41) is 0. The molecule has 0 bridgehead atoms. The second-order valence-electron chi connectivity index (χ2n) is 8.36. The van der Waals surface area contributed by atoms with Crippen LogP contribution in [0.25, 0.3) is 11.0 Å². The highest BCUT2D eigenvalue weighted by atomic mass is 16.6. The van der Waals surface area contributed by atoms with E-state index in [-0.39, 0.29) is 18.4 Å². The van der Waals surface area contributed by atoms with Crippen molar-refractivity contribution in [1.29, 1.82) is 0 Å². The van der Waals surface area contributed by atoms with Crippen molar-refractivity contribution in [2.45, 2.75) is 38.7 Å². The fourth-order valence-corrected chi connectivity index (χ4v) is 4.02. The molecule has 0 radical (unpaired) electrons. The fraction of sp³-hybridized carbons (Fsp3) is 0.269. The van der Waals surface area contributed by atoms with Crippen LogP contribution >= 0.6 is 0 Å². The zero-order valence-electron chi connectivity index (χ0n) is 18.3. The maximum absolute atomic E-state index is 6.44. The SMILES string of the molecule is Cc1ccc(OC[C@H]2O[C@@H](n3cnc4ccc(N)cc43)C[C@@H]2Oc2ccc(C)cc2)cc1. The van der Waals surface area contributed by atoms with Crippen molar-refractivity contribution < 1.29 is 14.2 Å². The van der Waals surface area contributed by atoms with Crippen LogP contribution in [0.4, 0.5) is 5.69 Å². The molecular formula is C26H27N3O3. The molecule has 0 spiro atoms. The Bertz CT molecular complexity index is 1200. The number of nitrogens with two attached hydrogens (primary N) is 1. The van der Waals surface area contributed by atoms with Crippen LogP contribution in [-0.2, 0) is 4.74 Å². The zero-order valence-corrected chi connectivity index (χ0v) is 18.3. The van der Waals surface area contributed by atoms with Crippen LogP contribution in [0.1, 0.15) is 23.8 Å². The normalized spacial score (nSPS) is 20.5. The second kappa shape index (κ2) is 8.55. The number of anilines is 1. The molecule has 5 rings (SSSR count). The van der Waals surface area contributed by atoms with Crippen molar-refractivity contribution in [3.63, 3.8) is 0 Å². The highest BCUT2D eigenvalue weighted by molar-refractivity contribution is 5.79. The molecule has 2 N–H and O–H groups in total. The number of nitrogens with zero attached hydrogens (tertiary/aromatic N) is 2. The number of fused-ring (bicyclic) bond motifs is 1. The van der Waals surface area contributed by atoms with E-state index in [0.29, 0.717) is 18.7 Å². The van der Waals surface area contributed by atoms with Gasteiger partial charge in [0.25, 0.3) is 0 Å². The molecule has 3 atom stereocenters. The molecule has 164 valence electrons. The Morgan fingerprint density at radius 3 is 2.38 bits per heavy atom. The van der Waals surface area contributed by atoms with E-state index in [1.807, 2.05) is 71.3 Å². The van der Waals surface area contributed by atoms with Crippen molar-refractivity contribution in [1.82, 2.24) is 9.55 Å². The van der Waals surface area contributed by atoms with Gasteiger partial charge < -0.3 is 24.5 Å². The van der Waals surface area contributed by atoms with E-state index in [2.05, 4.69) is 18.8 Å². The van der Waals surface area contributed by atoms with E-state index in [1.165, 1.54) is 11.1 Å². The predicted molar refractivity (Wildman–Crippen MR) is 125 cm³/mol. The lowest BCUT2D eigenvalue weighted by Gasteiger charge is -2.20. The van der Waals surface area contributed by atoms with E-state index >= 15 is 0 Å². The summed E-state index contributed by atoms with van der Waals surface area (Å²) in [5.74, 6) is 1.64. The van der Waals surface area contributed by atoms with E-state index < -0.39 is 0 Å². The van der Waals surface area contributed by atoms with E-state index in [0.717, 1.165) is 22.5 Å². The third kappa shape index (κ3) is 4.27. The molecule has 0 aliphatic carbocycles. The minimum atomic E-state index is -0.235. The predicted octanol–water partition coefficient (Wildman–Crippen LogP) is 5.05. The summed E-state index contributed by atoms with van der Waals surface area (Å²) < 4.78 is 20.9. The first-order valence-electron chi connectivity index (χ1n) is 10.9. The topological polar surface area (TPSA) is 71.5 Å². The van der Waals surface area contributed by atoms with E-state index in [9.17, 15) is 0 Å². The third-order valence-corrected chi connectivity index (χ3v) is 5.83. The molecule has 6 heteroatoms. The highest BCUT2D eigenvalue weighted by Crippen LogP contribution is 2.34. The quantitative estimate of drug-likeness (QED) is 0.434. The fourth-order valence-electron chi connectivity index (χ4n) is 4.02. The van der Waals surface area contributed by atoms with Crippen LogP contribution < -0.4 is 15.2 Å². The zero-order chi connectivity index (χ0) is 22.1. The van der Waals surface area contributed by atoms with Crippen LogP contribution in [0.2, 0.25) is 0 Å². The van der Waals surface area contributed by atoms with Gasteiger partial charge in [-0.15, -0.1) is 0 Å². The maximum atomic E-state index is 6.44. The Hall–Kier alpha value is -3.51. The van der Waals surface area contributed by atoms with Crippen molar-refractivity contribution in [2.24, 2.45) is 0 Å². The summed E-state index contributed by atoms with van der Waals surface area (Å²) in [4.78, 5) is 4.51. The lowest BCUT2D eigenvalue weighted by atomic mass is 10.1. The van der Waals surface area contributed by atoms with Gasteiger partial charge in [-0.05, 0) is 56.3 Å². The number of nitrogen functional groups attached to an aromatic ring is 1. The van der Waals surface area contributed by atoms with E-state index in [4.69, 9.17) is 19.9 Å². The number of imidazole rings is 1. The van der Waals surface area contributed by atoms with Crippen molar-refractivity contribution >= 4 is 16.7 Å². The summed E-state index contributed by atoms with van der Waals surface area (Å²) in [6.07, 6.45) is 1.87. The molecule has 1 aliphatic heterocycles. The summed E-state index contributed by atoms with van der Waals surface area (Å²) in [7, 11) is 0. The van der Waals surface area contributed by atoms with Gasteiger partial charge in [0.15, 0.2) is 0 Å². The highest BCUT2D eigenvalue weighted by Gasteiger charge is 2.39. The van der Waals surface area contributed by atoms with Gasteiger partial charge in [0.2, 0.25) is 0 Å². The first-order valence-corrected chi connectivity index (χ1v) is 10.9. The van der Waals surface area contributed by atoms with Crippen LogP contribution in [0, 0.1) is 13.8 Å². The number of benzene rings is 3. The second-order valence-corrected chi connectivity index (χ2v) is 8.36. The Kier molecular flexibility index (Phi) is 5.45. The number of hydrogen-bond donors (Lipinski definition) is 1. The maximum Gasteiger partial charge on any atom is 0.139 e. The average Bonchev–Trinajstić information content (AvgIpc) is 3.38. The van der Waals surface area contributed by atoms with Gasteiger partial charge in [0.05, 0.1) is 17.4 Å². The first-order chi connectivity index (χ1) is 15.5. The molecule has 3 aromatic carbocycles. The van der Waals surface area contributed by atoms with Crippen LogP contribution in [0.5, 0.6) is 11.5 Å². The van der Waals surface area contributed by atoms with Crippen LogP contribution in [-0.4, -0.2) is 28.4 Å². The molecule has 1 aliphatic rings.